The zero-order chi connectivity index (χ0) is 20.4. The molecule has 1 amide bonds. The molecule has 0 N–H and O–H groups in total. The van der Waals surface area contributed by atoms with E-state index in [1.54, 1.807) is 4.57 Å². The minimum absolute atomic E-state index is 0.109. The van der Waals surface area contributed by atoms with E-state index >= 15 is 0 Å². The fraction of sp³-hybridized carbons (Fsp3) is 0.211. The van der Waals surface area contributed by atoms with Crippen molar-refractivity contribution >= 4 is 39.1 Å². The molecule has 0 bridgehead atoms. The van der Waals surface area contributed by atoms with Gasteiger partial charge in [0.25, 0.3) is 11.6 Å². The fourth-order valence-corrected chi connectivity index (χ4v) is 4.18. The zero-order valence-corrected chi connectivity index (χ0v) is 16.3. The smallest absolute Gasteiger partial charge is 0.325 e. The molecule has 0 fully saturated rings. The molecule has 0 saturated heterocycles. The summed E-state index contributed by atoms with van der Waals surface area (Å²) in [7, 11) is 1.28. The Balaban J connectivity index is 2.23. The number of hydrogen-bond acceptors (Lipinski definition) is 6. The van der Waals surface area contributed by atoms with E-state index < -0.39 is 16.8 Å². The van der Waals surface area contributed by atoms with Gasteiger partial charge < -0.3 is 9.30 Å². The summed E-state index contributed by atoms with van der Waals surface area (Å²) < 4.78 is 7.22. The van der Waals surface area contributed by atoms with E-state index in [1.807, 2.05) is 26.0 Å². The van der Waals surface area contributed by atoms with Crippen molar-refractivity contribution in [1.29, 1.82) is 0 Å². The van der Waals surface area contributed by atoms with E-state index in [9.17, 15) is 19.7 Å². The summed E-state index contributed by atoms with van der Waals surface area (Å²) in [5, 5.41) is 11.2. The number of carbonyl (C=O) groups is 2. The SMILES string of the molecule is COC(=O)Cn1c(=NC(=O)c2ccccc2[N+](=O)[O-])sc2cc(C)cc(C)c21. The summed E-state index contributed by atoms with van der Waals surface area (Å²) in [5.41, 5.74) is 2.31. The first-order chi connectivity index (χ1) is 13.3. The Morgan fingerprint density at radius 3 is 2.64 bits per heavy atom. The van der Waals surface area contributed by atoms with Gasteiger partial charge in [-0.15, -0.1) is 0 Å². The number of rotatable bonds is 4. The number of thiazole rings is 1. The van der Waals surface area contributed by atoms with Crippen LogP contribution in [-0.4, -0.2) is 28.5 Å². The molecule has 1 heterocycles. The Morgan fingerprint density at radius 2 is 1.96 bits per heavy atom. The van der Waals surface area contributed by atoms with Crippen LogP contribution in [0.2, 0.25) is 0 Å². The monoisotopic (exact) mass is 399 g/mol. The fourth-order valence-electron chi connectivity index (χ4n) is 2.98. The molecule has 144 valence electrons. The third-order valence-electron chi connectivity index (χ3n) is 4.16. The summed E-state index contributed by atoms with van der Waals surface area (Å²) in [6.45, 7) is 3.74. The highest BCUT2D eigenvalue weighted by Crippen LogP contribution is 2.24. The molecule has 2 aromatic carbocycles. The average molecular weight is 399 g/mol. The largest absolute Gasteiger partial charge is 0.468 e. The van der Waals surface area contributed by atoms with Crippen LogP contribution >= 0.6 is 11.3 Å². The summed E-state index contributed by atoms with van der Waals surface area (Å²) in [6, 6.07) is 9.54. The number of aryl methyl sites for hydroxylation is 2. The summed E-state index contributed by atoms with van der Waals surface area (Å²) in [4.78, 5) is 39.5. The van der Waals surface area contributed by atoms with E-state index in [0.29, 0.717) is 0 Å². The number of aromatic nitrogens is 1. The molecule has 3 aromatic rings. The van der Waals surface area contributed by atoms with Crippen LogP contribution in [0.5, 0.6) is 0 Å². The van der Waals surface area contributed by atoms with E-state index in [2.05, 4.69) is 4.99 Å². The lowest BCUT2D eigenvalue weighted by Gasteiger charge is -2.06. The van der Waals surface area contributed by atoms with Gasteiger partial charge in [-0.3, -0.25) is 19.7 Å². The standard InChI is InChI=1S/C19H17N3O5S/c1-11-8-12(2)17-15(9-11)28-19(21(17)10-16(23)27-3)20-18(24)13-6-4-5-7-14(13)22(25)26/h4-9H,10H2,1-3H3. The molecule has 0 spiro atoms. The number of nitro groups is 1. The van der Waals surface area contributed by atoms with Crippen LogP contribution < -0.4 is 4.80 Å². The summed E-state index contributed by atoms with van der Waals surface area (Å²) in [6.07, 6.45) is 0. The molecular formula is C19H17N3O5S. The van der Waals surface area contributed by atoms with Crippen molar-refractivity contribution in [2.75, 3.05) is 7.11 Å². The number of ether oxygens (including phenoxy) is 1. The van der Waals surface area contributed by atoms with Crippen molar-refractivity contribution in [3.8, 4) is 0 Å². The van der Waals surface area contributed by atoms with Gasteiger partial charge in [-0.05, 0) is 37.1 Å². The molecular weight excluding hydrogens is 382 g/mol. The van der Waals surface area contributed by atoms with E-state index in [1.165, 1.54) is 42.7 Å². The lowest BCUT2D eigenvalue weighted by Crippen LogP contribution is -2.23. The van der Waals surface area contributed by atoms with Crippen LogP contribution in [0, 0.1) is 24.0 Å². The minimum atomic E-state index is -0.744. The Labute approximate surface area is 163 Å². The second-order valence-electron chi connectivity index (χ2n) is 6.17. The molecule has 0 atom stereocenters. The van der Waals surface area contributed by atoms with Gasteiger partial charge in [-0.2, -0.15) is 4.99 Å². The molecule has 9 heteroatoms. The van der Waals surface area contributed by atoms with Crippen molar-refractivity contribution in [2.45, 2.75) is 20.4 Å². The van der Waals surface area contributed by atoms with Crippen molar-refractivity contribution in [3.63, 3.8) is 0 Å². The quantitative estimate of drug-likeness (QED) is 0.381. The van der Waals surface area contributed by atoms with Gasteiger partial charge in [0.2, 0.25) is 0 Å². The molecule has 0 aliphatic rings. The Hall–Kier alpha value is -3.33. The van der Waals surface area contributed by atoms with E-state index in [0.717, 1.165) is 21.3 Å². The maximum Gasteiger partial charge on any atom is 0.325 e. The first kappa shape index (κ1) is 19.4. The third-order valence-corrected chi connectivity index (χ3v) is 5.18. The van der Waals surface area contributed by atoms with Gasteiger partial charge in [0.05, 0.1) is 22.2 Å². The molecule has 0 aliphatic heterocycles. The first-order valence-electron chi connectivity index (χ1n) is 8.31. The highest BCUT2D eigenvalue weighted by Gasteiger charge is 2.20. The van der Waals surface area contributed by atoms with Crippen LogP contribution in [0.3, 0.4) is 0 Å². The predicted octanol–water partition coefficient (Wildman–Crippen LogP) is 3.14. The maximum absolute atomic E-state index is 12.7. The van der Waals surface area contributed by atoms with Crippen LogP contribution in [-0.2, 0) is 16.1 Å². The first-order valence-corrected chi connectivity index (χ1v) is 9.13. The van der Waals surface area contributed by atoms with E-state index in [4.69, 9.17) is 4.74 Å². The van der Waals surface area contributed by atoms with Gasteiger partial charge in [-0.1, -0.05) is 29.5 Å². The second kappa shape index (κ2) is 7.73. The number of para-hydroxylation sites is 1. The van der Waals surface area contributed by atoms with Gasteiger partial charge >= 0.3 is 5.97 Å². The van der Waals surface area contributed by atoms with Gasteiger partial charge in [0.1, 0.15) is 12.1 Å². The van der Waals surface area contributed by atoms with Crippen molar-refractivity contribution in [3.05, 3.63) is 68.0 Å². The number of nitro benzene ring substituents is 1. The molecule has 0 unspecified atom stereocenters. The number of esters is 1. The highest BCUT2D eigenvalue weighted by molar-refractivity contribution is 7.16. The number of nitrogens with zero attached hydrogens (tertiary/aromatic N) is 3. The molecule has 8 nitrogen and oxygen atoms in total. The van der Waals surface area contributed by atoms with Gasteiger partial charge in [0, 0.05) is 6.07 Å². The van der Waals surface area contributed by atoms with Gasteiger partial charge in [0.15, 0.2) is 4.80 Å². The summed E-state index contributed by atoms with van der Waals surface area (Å²) in [5.74, 6) is -1.23. The molecule has 28 heavy (non-hydrogen) atoms. The minimum Gasteiger partial charge on any atom is -0.468 e. The molecule has 1 aromatic heterocycles. The number of carbonyl (C=O) groups excluding carboxylic acids is 2. The second-order valence-corrected chi connectivity index (χ2v) is 7.18. The highest BCUT2D eigenvalue weighted by atomic mass is 32.1. The lowest BCUT2D eigenvalue weighted by molar-refractivity contribution is -0.385. The number of hydrogen-bond donors (Lipinski definition) is 0. The zero-order valence-electron chi connectivity index (χ0n) is 15.5. The average Bonchev–Trinajstić information content (AvgIpc) is 2.98. The number of methoxy groups -OCH3 is 1. The Kier molecular flexibility index (Phi) is 5.36. The van der Waals surface area contributed by atoms with Crippen LogP contribution in [0.25, 0.3) is 10.2 Å². The van der Waals surface area contributed by atoms with Crippen molar-refractivity contribution < 1.29 is 19.2 Å². The van der Waals surface area contributed by atoms with Crippen LogP contribution in [0.1, 0.15) is 21.5 Å². The normalized spacial score (nSPS) is 11.6. The van der Waals surface area contributed by atoms with Crippen molar-refractivity contribution in [2.24, 2.45) is 4.99 Å². The summed E-state index contributed by atoms with van der Waals surface area (Å²) >= 11 is 1.24. The van der Waals surface area contributed by atoms with E-state index in [-0.39, 0.29) is 22.6 Å². The Morgan fingerprint density at radius 1 is 1.25 bits per heavy atom. The lowest BCUT2D eigenvalue weighted by atomic mass is 10.1. The van der Waals surface area contributed by atoms with Crippen molar-refractivity contribution in [1.82, 2.24) is 4.57 Å². The van der Waals surface area contributed by atoms with Crippen LogP contribution in [0.4, 0.5) is 5.69 Å². The molecule has 0 radical (unpaired) electrons. The number of benzene rings is 2. The van der Waals surface area contributed by atoms with Crippen LogP contribution in [0.15, 0.2) is 41.4 Å². The Bertz CT molecular complexity index is 1180. The third kappa shape index (κ3) is 3.70. The van der Waals surface area contributed by atoms with Gasteiger partial charge in [-0.25, -0.2) is 0 Å². The molecule has 3 rings (SSSR count). The molecule has 0 saturated carbocycles. The maximum atomic E-state index is 12.7. The number of fused-ring (bicyclic) bond motifs is 1. The number of amides is 1. The topological polar surface area (TPSA) is 104 Å². The predicted molar refractivity (Wildman–Crippen MR) is 104 cm³/mol. The molecule has 0 aliphatic carbocycles.